The maximum atomic E-state index is 6.21. The third-order valence-corrected chi connectivity index (χ3v) is 4.62. The molecule has 0 aliphatic carbocycles. The number of aryl methyl sites for hydroxylation is 2. The van der Waals surface area contributed by atoms with Gasteiger partial charge in [0.15, 0.2) is 0 Å². The molecule has 3 aromatic rings. The maximum absolute atomic E-state index is 6.21. The molecule has 1 aliphatic rings. The molecule has 0 amide bonds. The Morgan fingerprint density at radius 1 is 1.15 bits per heavy atom. The second-order valence-corrected chi connectivity index (χ2v) is 6.89. The smallest absolute Gasteiger partial charge is 0.118 e. The second kappa shape index (κ2) is 7.43. The van der Waals surface area contributed by atoms with E-state index in [0.717, 1.165) is 49.1 Å². The number of hydrogen-bond donors (Lipinski definition) is 0. The minimum Gasteiger partial charge on any atom is -0.465 e. The molecule has 0 fully saturated rings. The van der Waals surface area contributed by atoms with Crippen LogP contribution in [0.4, 0.5) is 0 Å². The van der Waals surface area contributed by atoms with E-state index in [0.29, 0.717) is 6.61 Å². The first-order valence-corrected chi connectivity index (χ1v) is 8.98. The number of rotatable bonds is 5. The second-order valence-electron chi connectivity index (χ2n) is 6.89. The van der Waals surface area contributed by atoms with Crippen LogP contribution in [0.2, 0.25) is 0 Å². The monoisotopic (exact) mass is 352 g/mol. The van der Waals surface area contributed by atoms with Gasteiger partial charge in [0.1, 0.15) is 11.5 Å². The van der Waals surface area contributed by atoms with Gasteiger partial charge >= 0.3 is 0 Å². The molecule has 0 bridgehead atoms. The summed E-state index contributed by atoms with van der Waals surface area (Å²) in [4.78, 5) is 6.88. The van der Waals surface area contributed by atoms with Crippen molar-refractivity contribution in [1.29, 1.82) is 0 Å². The highest BCUT2D eigenvalue weighted by Gasteiger charge is 2.23. The summed E-state index contributed by atoms with van der Waals surface area (Å²) in [5, 5.41) is 4.45. The van der Waals surface area contributed by atoms with Crippen molar-refractivity contribution in [2.24, 2.45) is 0 Å². The molecular formula is C20H24N4O2. The van der Waals surface area contributed by atoms with Crippen molar-refractivity contribution in [2.45, 2.75) is 46.2 Å². The van der Waals surface area contributed by atoms with Crippen molar-refractivity contribution in [3.05, 3.63) is 71.2 Å². The third kappa shape index (κ3) is 4.03. The molecule has 0 radical (unpaired) electrons. The first-order chi connectivity index (χ1) is 12.7. The van der Waals surface area contributed by atoms with Crippen LogP contribution in [0.15, 0.2) is 47.0 Å². The van der Waals surface area contributed by atoms with Gasteiger partial charge in [0.25, 0.3) is 0 Å². The van der Waals surface area contributed by atoms with Crippen LogP contribution >= 0.6 is 0 Å². The molecule has 1 aliphatic heterocycles. The van der Waals surface area contributed by atoms with Gasteiger partial charge in [-0.25, -0.2) is 0 Å². The van der Waals surface area contributed by atoms with E-state index in [4.69, 9.17) is 9.15 Å². The van der Waals surface area contributed by atoms with Gasteiger partial charge < -0.3 is 9.15 Å². The molecule has 26 heavy (non-hydrogen) atoms. The molecule has 0 spiro atoms. The van der Waals surface area contributed by atoms with E-state index in [2.05, 4.69) is 21.0 Å². The van der Waals surface area contributed by atoms with Gasteiger partial charge in [-0.15, -0.1) is 0 Å². The molecule has 6 nitrogen and oxygen atoms in total. The van der Waals surface area contributed by atoms with Crippen molar-refractivity contribution in [3.8, 4) is 0 Å². The maximum Gasteiger partial charge on any atom is 0.118 e. The summed E-state index contributed by atoms with van der Waals surface area (Å²) in [6.07, 6.45) is 1.91. The minimum atomic E-state index is 0.0505. The van der Waals surface area contributed by atoms with Crippen molar-refractivity contribution >= 4 is 0 Å². The predicted octanol–water partition coefficient (Wildman–Crippen LogP) is 3.09. The largest absolute Gasteiger partial charge is 0.465 e. The highest BCUT2D eigenvalue weighted by molar-refractivity contribution is 5.10. The molecule has 0 unspecified atom stereocenters. The lowest BCUT2D eigenvalue weighted by molar-refractivity contribution is 0.00468. The fourth-order valence-electron chi connectivity index (χ4n) is 3.39. The lowest BCUT2D eigenvalue weighted by atomic mass is 10.3. The highest BCUT2D eigenvalue weighted by Crippen LogP contribution is 2.18. The summed E-state index contributed by atoms with van der Waals surface area (Å²) in [7, 11) is 0. The predicted molar refractivity (Wildman–Crippen MR) is 97.3 cm³/mol. The molecule has 4 rings (SSSR count). The van der Waals surface area contributed by atoms with Gasteiger partial charge in [-0.05, 0) is 44.2 Å². The lowest BCUT2D eigenvalue weighted by Crippen LogP contribution is -2.32. The van der Waals surface area contributed by atoms with E-state index in [1.165, 1.54) is 5.69 Å². The average Bonchev–Trinajstić information content (AvgIpc) is 3.18. The zero-order valence-corrected chi connectivity index (χ0v) is 15.3. The summed E-state index contributed by atoms with van der Waals surface area (Å²) in [5.41, 5.74) is 3.17. The molecule has 0 saturated carbocycles. The summed E-state index contributed by atoms with van der Waals surface area (Å²) >= 11 is 0. The quantitative estimate of drug-likeness (QED) is 0.706. The average molecular weight is 352 g/mol. The van der Waals surface area contributed by atoms with Gasteiger partial charge in [0, 0.05) is 25.0 Å². The minimum absolute atomic E-state index is 0.0505. The number of hydrogen-bond acceptors (Lipinski definition) is 5. The highest BCUT2D eigenvalue weighted by atomic mass is 16.5. The fraction of sp³-hybridized carbons (Fsp3) is 0.400. The Morgan fingerprint density at radius 2 is 2.08 bits per heavy atom. The van der Waals surface area contributed by atoms with Crippen LogP contribution in [0.3, 0.4) is 0 Å². The van der Waals surface area contributed by atoms with Gasteiger partial charge in [0.2, 0.25) is 0 Å². The summed E-state index contributed by atoms with van der Waals surface area (Å²) in [6, 6.07) is 12.2. The van der Waals surface area contributed by atoms with Crippen molar-refractivity contribution < 1.29 is 9.15 Å². The number of fused-ring (bicyclic) bond motifs is 1. The molecule has 3 aromatic heterocycles. The summed E-state index contributed by atoms with van der Waals surface area (Å²) in [5.74, 6) is 1.92. The van der Waals surface area contributed by atoms with E-state index < -0.39 is 0 Å². The number of furan rings is 1. The van der Waals surface area contributed by atoms with Gasteiger partial charge in [-0.3, -0.25) is 14.6 Å². The molecule has 4 heterocycles. The molecule has 1 atom stereocenters. The third-order valence-electron chi connectivity index (χ3n) is 4.62. The zero-order valence-electron chi connectivity index (χ0n) is 15.3. The number of pyridine rings is 1. The Labute approximate surface area is 153 Å². The van der Waals surface area contributed by atoms with Crippen LogP contribution in [0, 0.1) is 13.8 Å². The SMILES string of the molecule is Cc1cccc(CO[C@H]2CN(Cc3ccc(C)o3)Cc3ccnn3C2)n1. The van der Waals surface area contributed by atoms with E-state index in [1.807, 2.05) is 55.1 Å². The number of ether oxygens (including phenoxy) is 1. The van der Waals surface area contributed by atoms with Gasteiger partial charge in [0.05, 0.1) is 37.2 Å². The first-order valence-electron chi connectivity index (χ1n) is 8.98. The molecular weight excluding hydrogens is 328 g/mol. The Bertz CT molecular complexity index is 870. The Hall–Kier alpha value is -2.44. The van der Waals surface area contributed by atoms with Crippen LogP contribution in [-0.4, -0.2) is 32.3 Å². The molecule has 6 heteroatoms. The van der Waals surface area contributed by atoms with Crippen LogP contribution < -0.4 is 0 Å². The first kappa shape index (κ1) is 17.0. The van der Waals surface area contributed by atoms with E-state index in [9.17, 15) is 0 Å². The Kier molecular flexibility index (Phi) is 4.86. The molecule has 136 valence electrons. The number of aromatic nitrogens is 3. The number of nitrogens with zero attached hydrogens (tertiary/aromatic N) is 4. The van der Waals surface area contributed by atoms with Crippen LogP contribution in [0.1, 0.15) is 28.6 Å². The Morgan fingerprint density at radius 3 is 2.88 bits per heavy atom. The van der Waals surface area contributed by atoms with Crippen molar-refractivity contribution in [2.75, 3.05) is 6.54 Å². The standard InChI is InChI=1S/C20H24N4O2/c1-15-4-3-5-17(22-15)14-25-20-12-23(11-19-7-6-16(2)26-19)10-18-8-9-21-24(18)13-20/h3-9,20H,10-14H2,1-2H3/t20-/m0/s1. The summed E-state index contributed by atoms with van der Waals surface area (Å²) in [6.45, 7) is 7.66. The van der Waals surface area contributed by atoms with Crippen molar-refractivity contribution in [1.82, 2.24) is 19.7 Å². The van der Waals surface area contributed by atoms with Gasteiger partial charge in [-0.2, -0.15) is 5.10 Å². The van der Waals surface area contributed by atoms with Gasteiger partial charge in [-0.1, -0.05) is 6.07 Å². The lowest BCUT2D eigenvalue weighted by Gasteiger charge is -2.23. The van der Waals surface area contributed by atoms with Crippen LogP contribution in [0.5, 0.6) is 0 Å². The zero-order chi connectivity index (χ0) is 17.9. The van der Waals surface area contributed by atoms with E-state index in [-0.39, 0.29) is 6.10 Å². The molecule has 0 aromatic carbocycles. The summed E-state index contributed by atoms with van der Waals surface area (Å²) < 4.78 is 14.0. The fourth-order valence-corrected chi connectivity index (χ4v) is 3.39. The molecule has 0 saturated heterocycles. The topological polar surface area (TPSA) is 56.3 Å². The van der Waals surface area contributed by atoms with Crippen LogP contribution in [-0.2, 0) is 31.0 Å². The molecule has 0 N–H and O–H groups in total. The normalized spacial score (nSPS) is 17.8. The van der Waals surface area contributed by atoms with Crippen molar-refractivity contribution in [3.63, 3.8) is 0 Å². The van der Waals surface area contributed by atoms with Crippen LogP contribution in [0.25, 0.3) is 0 Å². The van der Waals surface area contributed by atoms with E-state index in [1.54, 1.807) is 0 Å². The Balaban J connectivity index is 1.47. The van der Waals surface area contributed by atoms with E-state index >= 15 is 0 Å².